The van der Waals surface area contributed by atoms with Crippen LogP contribution in [0.2, 0.25) is 0 Å². The molecule has 1 heterocycles. The number of nitrogens with one attached hydrogen (secondary N) is 2. The molecule has 0 bridgehead atoms. The number of carbonyl (C=O) groups is 2. The lowest BCUT2D eigenvalue weighted by Gasteiger charge is -2.11. The highest BCUT2D eigenvalue weighted by atomic mass is 16.4. The van der Waals surface area contributed by atoms with Crippen LogP contribution in [0.15, 0.2) is 42.6 Å². The summed E-state index contributed by atoms with van der Waals surface area (Å²) < 4.78 is 0. The topological polar surface area (TPSA) is 91.3 Å². The van der Waals surface area contributed by atoms with Crippen molar-refractivity contribution >= 4 is 17.7 Å². The lowest BCUT2D eigenvalue weighted by atomic mass is 10.1. The fraction of sp³-hybridized carbons (Fsp3) is 0.133. The van der Waals surface area contributed by atoms with E-state index in [2.05, 4.69) is 15.6 Å². The Kier molecular flexibility index (Phi) is 4.50. The number of amides is 2. The molecule has 3 N–H and O–H groups in total. The van der Waals surface area contributed by atoms with Gasteiger partial charge in [-0.3, -0.25) is 4.98 Å². The first-order valence-corrected chi connectivity index (χ1v) is 6.35. The zero-order valence-corrected chi connectivity index (χ0v) is 11.5. The smallest absolute Gasteiger partial charge is 0.338 e. The van der Waals surface area contributed by atoms with Crippen LogP contribution in [0.5, 0.6) is 0 Å². The number of urea groups is 1. The van der Waals surface area contributed by atoms with E-state index in [1.165, 1.54) is 0 Å². The van der Waals surface area contributed by atoms with Crippen molar-refractivity contribution in [3.63, 3.8) is 0 Å². The quantitative estimate of drug-likeness (QED) is 0.804. The fourth-order valence-corrected chi connectivity index (χ4v) is 1.90. The van der Waals surface area contributed by atoms with Crippen molar-refractivity contribution in [1.29, 1.82) is 0 Å². The normalized spacial score (nSPS) is 9.95. The average Bonchev–Trinajstić information content (AvgIpc) is 2.46. The molecule has 1 aromatic carbocycles. The first kappa shape index (κ1) is 14.5. The van der Waals surface area contributed by atoms with Gasteiger partial charge in [0.1, 0.15) is 0 Å². The highest BCUT2D eigenvalue weighted by Crippen LogP contribution is 2.19. The zero-order chi connectivity index (χ0) is 15.2. The summed E-state index contributed by atoms with van der Waals surface area (Å²) in [6, 6.07) is 9.84. The minimum atomic E-state index is -1.08. The number of nitrogens with zero attached hydrogens (tertiary/aromatic N) is 1. The number of rotatable bonds is 4. The number of carbonyl (C=O) groups excluding carboxylic acids is 1. The molecule has 0 aliphatic heterocycles. The van der Waals surface area contributed by atoms with E-state index in [0.717, 1.165) is 5.69 Å². The van der Waals surface area contributed by atoms with Gasteiger partial charge in [-0.15, -0.1) is 0 Å². The molecular formula is C15H15N3O3. The van der Waals surface area contributed by atoms with Crippen molar-refractivity contribution in [3.8, 4) is 0 Å². The summed E-state index contributed by atoms with van der Waals surface area (Å²) in [7, 11) is 0. The van der Waals surface area contributed by atoms with E-state index in [-0.39, 0.29) is 17.8 Å². The van der Waals surface area contributed by atoms with E-state index in [1.54, 1.807) is 43.5 Å². The Balaban J connectivity index is 2.03. The van der Waals surface area contributed by atoms with Crippen molar-refractivity contribution in [2.75, 3.05) is 5.32 Å². The zero-order valence-electron chi connectivity index (χ0n) is 11.5. The minimum Gasteiger partial charge on any atom is -0.478 e. The van der Waals surface area contributed by atoms with E-state index in [1.807, 2.05) is 6.07 Å². The lowest BCUT2D eigenvalue weighted by molar-refractivity contribution is 0.0697. The van der Waals surface area contributed by atoms with Gasteiger partial charge in [0.25, 0.3) is 0 Å². The summed E-state index contributed by atoms with van der Waals surface area (Å²) >= 11 is 0. The van der Waals surface area contributed by atoms with Crippen LogP contribution in [0.25, 0.3) is 0 Å². The molecule has 6 nitrogen and oxygen atoms in total. The van der Waals surface area contributed by atoms with Crippen LogP contribution >= 0.6 is 0 Å². The van der Waals surface area contributed by atoms with Gasteiger partial charge in [0.2, 0.25) is 0 Å². The third kappa shape index (κ3) is 3.79. The predicted molar refractivity (Wildman–Crippen MR) is 78.2 cm³/mol. The van der Waals surface area contributed by atoms with Crippen molar-refractivity contribution in [3.05, 3.63) is 59.4 Å². The molecular weight excluding hydrogens is 270 g/mol. The van der Waals surface area contributed by atoms with Crippen LogP contribution in [0.4, 0.5) is 10.5 Å². The van der Waals surface area contributed by atoms with Crippen LogP contribution in [-0.4, -0.2) is 22.1 Å². The van der Waals surface area contributed by atoms with E-state index in [0.29, 0.717) is 5.56 Å². The number of aryl methyl sites for hydroxylation is 1. The van der Waals surface area contributed by atoms with E-state index in [9.17, 15) is 14.7 Å². The number of anilines is 1. The molecule has 0 atom stereocenters. The Hall–Kier alpha value is -2.89. The maximum atomic E-state index is 11.8. The second-order valence-corrected chi connectivity index (χ2v) is 4.43. The van der Waals surface area contributed by atoms with Gasteiger partial charge < -0.3 is 15.7 Å². The SMILES string of the molecule is Cc1cccc(NC(=O)NCc2ccccn2)c1C(=O)O. The van der Waals surface area contributed by atoms with Crippen LogP contribution in [-0.2, 0) is 6.54 Å². The number of aromatic carboxylic acids is 1. The van der Waals surface area contributed by atoms with Crippen molar-refractivity contribution in [1.82, 2.24) is 10.3 Å². The molecule has 0 saturated carbocycles. The van der Waals surface area contributed by atoms with Gasteiger partial charge in [-0.05, 0) is 30.7 Å². The number of pyridine rings is 1. The molecule has 1 aromatic heterocycles. The van der Waals surface area contributed by atoms with Crippen LogP contribution in [0, 0.1) is 6.92 Å². The van der Waals surface area contributed by atoms with Crippen molar-refractivity contribution in [2.45, 2.75) is 13.5 Å². The molecule has 0 saturated heterocycles. The average molecular weight is 285 g/mol. The molecule has 21 heavy (non-hydrogen) atoms. The van der Waals surface area contributed by atoms with Crippen LogP contribution in [0.1, 0.15) is 21.6 Å². The number of carboxylic acid groups (broad SMARTS) is 1. The Morgan fingerprint density at radius 1 is 1.19 bits per heavy atom. The lowest BCUT2D eigenvalue weighted by Crippen LogP contribution is -2.29. The summed E-state index contributed by atoms with van der Waals surface area (Å²) in [4.78, 5) is 27.1. The van der Waals surface area contributed by atoms with Gasteiger partial charge in [0.15, 0.2) is 0 Å². The molecule has 0 spiro atoms. The van der Waals surface area contributed by atoms with Crippen molar-refractivity contribution < 1.29 is 14.7 Å². The molecule has 6 heteroatoms. The summed E-state index contributed by atoms with van der Waals surface area (Å²) in [6.07, 6.45) is 1.64. The molecule has 108 valence electrons. The Morgan fingerprint density at radius 2 is 2.00 bits per heavy atom. The summed E-state index contributed by atoms with van der Waals surface area (Å²) in [5.41, 5.74) is 1.66. The highest BCUT2D eigenvalue weighted by Gasteiger charge is 2.14. The largest absolute Gasteiger partial charge is 0.478 e. The standard InChI is InChI=1S/C15H15N3O3/c1-10-5-4-7-12(13(10)14(19)20)18-15(21)17-9-11-6-2-3-8-16-11/h2-8H,9H2,1H3,(H,19,20)(H2,17,18,21). The number of benzene rings is 1. The van der Waals surface area contributed by atoms with Gasteiger partial charge in [0, 0.05) is 6.20 Å². The molecule has 0 radical (unpaired) electrons. The summed E-state index contributed by atoms with van der Waals surface area (Å²) in [5, 5.41) is 14.4. The molecule has 2 amide bonds. The number of hydrogen-bond donors (Lipinski definition) is 3. The Morgan fingerprint density at radius 3 is 2.67 bits per heavy atom. The second-order valence-electron chi connectivity index (χ2n) is 4.43. The first-order chi connectivity index (χ1) is 10.1. The molecule has 2 aromatic rings. The third-order valence-corrected chi connectivity index (χ3v) is 2.89. The first-order valence-electron chi connectivity index (χ1n) is 6.35. The Bertz CT molecular complexity index is 656. The number of aromatic nitrogens is 1. The van der Waals surface area contributed by atoms with E-state index < -0.39 is 12.0 Å². The monoisotopic (exact) mass is 285 g/mol. The van der Waals surface area contributed by atoms with Crippen LogP contribution in [0.3, 0.4) is 0 Å². The van der Waals surface area contributed by atoms with Gasteiger partial charge in [-0.2, -0.15) is 0 Å². The number of carboxylic acids is 1. The van der Waals surface area contributed by atoms with Gasteiger partial charge >= 0.3 is 12.0 Å². The molecule has 0 aliphatic rings. The molecule has 0 fully saturated rings. The predicted octanol–water partition coefficient (Wildman–Crippen LogP) is 2.41. The second kappa shape index (κ2) is 6.51. The van der Waals surface area contributed by atoms with E-state index >= 15 is 0 Å². The van der Waals surface area contributed by atoms with E-state index in [4.69, 9.17) is 0 Å². The summed E-state index contributed by atoms with van der Waals surface area (Å²) in [5.74, 6) is -1.08. The molecule has 0 unspecified atom stereocenters. The van der Waals surface area contributed by atoms with Crippen LogP contribution < -0.4 is 10.6 Å². The van der Waals surface area contributed by atoms with Gasteiger partial charge in [-0.1, -0.05) is 18.2 Å². The van der Waals surface area contributed by atoms with Crippen molar-refractivity contribution in [2.24, 2.45) is 0 Å². The maximum absolute atomic E-state index is 11.8. The Labute approximate surface area is 121 Å². The fourth-order valence-electron chi connectivity index (χ4n) is 1.90. The number of hydrogen-bond acceptors (Lipinski definition) is 3. The minimum absolute atomic E-state index is 0.0884. The molecule has 0 aliphatic carbocycles. The maximum Gasteiger partial charge on any atom is 0.338 e. The summed E-state index contributed by atoms with van der Waals surface area (Å²) in [6.45, 7) is 1.95. The van der Waals surface area contributed by atoms with Gasteiger partial charge in [0.05, 0.1) is 23.5 Å². The van der Waals surface area contributed by atoms with Gasteiger partial charge in [-0.25, -0.2) is 9.59 Å². The third-order valence-electron chi connectivity index (χ3n) is 2.89. The molecule has 2 rings (SSSR count). The highest BCUT2D eigenvalue weighted by molar-refractivity contribution is 6.01.